The lowest BCUT2D eigenvalue weighted by Crippen LogP contribution is -2.43. The predicted octanol–water partition coefficient (Wildman–Crippen LogP) is 5.19. The van der Waals surface area contributed by atoms with Crippen molar-refractivity contribution in [3.63, 3.8) is 0 Å². The zero-order valence-corrected chi connectivity index (χ0v) is 19.3. The Morgan fingerprint density at radius 1 is 1.03 bits per heavy atom. The van der Waals surface area contributed by atoms with Gasteiger partial charge in [0.2, 0.25) is 5.91 Å². The summed E-state index contributed by atoms with van der Waals surface area (Å²) in [7, 11) is 0. The number of carbonyl (C=O) groups excluding carboxylic acids is 1. The molecular weight excluding hydrogens is 478 g/mol. The fourth-order valence-electron chi connectivity index (χ4n) is 3.76. The molecule has 0 radical (unpaired) electrons. The number of hydrogen-bond acceptors (Lipinski definition) is 4. The highest BCUT2D eigenvalue weighted by atomic mass is 19.4. The van der Waals surface area contributed by atoms with E-state index < -0.39 is 35.9 Å². The van der Waals surface area contributed by atoms with Crippen LogP contribution in [0.5, 0.6) is 5.75 Å². The highest BCUT2D eigenvalue weighted by Crippen LogP contribution is 2.33. The quantitative estimate of drug-likeness (QED) is 0.342. The second-order valence-electron chi connectivity index (χ2n) is 8.38. The van der Waals surface area contributed by atoms with E-state index in [1.54, 1.807) is 48.1 Å². The van der Waals surface area contributed by atoms with E-state index in [4.69, 9.17) is 4.74 Å². The summed E-state index contributed by atoms with van der Waals surface area (Å²) < 4.78 is 60.2. The average molecular weight is 501 g/mol. The number of alkyl halides is 3. The summed E-state index contributed by atoms with van der Waals surface area (Å²) in [6.45, 7) is 2.94. The van der Waals surface area contributed by atoms with Crippen LogP contribution in [0.15, 0.2) is 72.9 Å². The number of nitrogens with zero attached hydrogens (tertiary/aromatic N) is 2. The van der Waals surface area contributed by atoms with E-state index in [1.165, 1.54) is 31.2 Å². The van der Waals surface area contributed by atoms with E-state index in [9.17, 15) is 27.5 Å². The number of aliphatic hydroxyl groups is 1. The molecule has 0 fully saturated rings. The molecule has 3 aromatic carbocycles. The van der Waals surface area contributed by atoms with Gasteiger partial charge in [-0.25, -0.2) is 9.07 Å². The molecule has 4 aromatic rings. The molecule has 0 unspecified atom stereocenters. The number of rotatable bonds is 7. The van der Waals surface area contributed by atoms with Gasteiger partial charge in [0, 0.05) is 5.39 Å². The fraction of sp³-hybridized carbons (Fsp3) is 0.231. The summed E-state index contributed by atoms with van der Waals surface area (Å²) in [5, 5.41) is 17.2. The van der Waals surface area contributed by atoms with Crippen molar-refractivity contribution in [3.8, 4) is 11.4 Å². The van der Waals surface area contributed by atoms with Crippen molar-refractivity contribution >= 4 is 16.8 Å². The first kappa shape index (κ1) is 25.2. The van der Waals surface area contributed by atoms with Crippen LogP contribution in [0.25, 0.3) is 16.6 Å². The second-order valence-corrected chi connectivity index (χ2v) is 8.38. The maximum absolute atomic E-state index is 13.3. The third-order valence-electron chi connectivity index (χ3n) is 5.64. The van der Waals surface area contributed by atoms with Gasteiger partial charge in [0.1, 0.15) is 23.8 Å². The monoisotopic (exact) mass is 501 g/mol. The molecule has 6 nitrogen and oxygen atoms in total. The van der Waals surface area contributed by atoms with Crippen molar-refractivity contribution < 1.29 is 32.2 Å². The molecule has 3 atom stereocenters. The van der Waals surface area contributed by atoms with Gasteiger partial charge in [-0.15, -0.1) is 0 Å². The molecule has 1 heterocycles. The summed E-state index contributed by atoms with van der Waals surface area (Å²) in [4.78, 5) is 12.1. The van der Waals surface area contributed by atoms with Gasteiger partial charge < -0.3 is 15.2 Å². The van der Waals surface area contributed by atoms with Crippen LogP contribution in [-0.2, 0) is 11.0 Å². The molecule has 10 heteroatoms. The van der Waals surface area contributed by atoms with Crippen LogP contribution in [0.3, 0.4) is 0 Å². The standard InChI is InChI=1S/C26H23F4N3O3/c1-15(32-25(35)16(2)34)24(17-3-5-19(6-4-17)26(28,29)30)36-22-11-12-23-18(13-22)14-31-33(23)21-9-7-20(27)8-10-21/h3-16,24,34H,1-2H3,(H,32,35)/t15-,16+,24+/m0/s1. The van der Waals surface area contributed by atoms with Crippen molar-refractivity contribution in [1.82, 2.24) is 15.1 Å². The fourth-order valence-corrected chi connectivity index (χ4v) is 3.76. The van der Waals surface area contributed by atoms with Crippen molar-refractivity contribution in [2.45, 2.75) is 38.3 Å². The topological polar surface area (TPSA) is 76.4 Å². The highest BCUT2D eigenvalue weighted by molar-refractivity contribution is 5.82. The molecule has 1 amide bonds. The summed E-state index contributed by atoms with van der Waals surface area (Å²) >= 11 is 0. The number of halogens is 4. The number of ether oxygens (including phenoxy) is 1. The Bertz CT molecular complexity index is 1350. The number of nitrogens with one attached hydrogen (secondary N) is 1. The van der Waals surface area contributed by atoms with Crippen LogP contribution in [-0.4, -0.2) is 32.9 Å². The largest absolute Gasteiger partial charge is 0.484 e. The lowest BCUT2D eigenvalue weighted by molar-refractivity contribution is -0.137. The lowest BCUT2D eigenvalue weighted by Gasteiger charge is -2.27. The van der Waals surface area contributed by atoms with Crippen LogP contribution in [0.2, 0.25) is 0 Å². The van der Waals surface area contributed by atoms with Crippen molar-refractivity contribution in [2.75, 3.05) is 0 Å². The van der Waals surface area contributed by atoms with E-state index in [0.717, 1.165) is 17.6 Å². The molecule has 0 bridgehead atoms. The van der Waals surface area contributed by atoms with Crippen LogP contribution < -0.4 is 10.1 Å². The van der Waals surface area contributed by atoms with Gasteiger partial charge in [-0.3, -0.25) is 4.79 Å². The van der Waals surface area contributed by atoms with Crippen LogP contribution in [0.1, 0.15) is 31.1 Å². The maximum atomic E-state index is 13.3. The van der Waals surface area contributed by atoms with E-state index in [1.807, 2.05) is 0 Å². The molecule has 0 spiro atoms. The minimum Gasteiger partial charge on any atom is -0.484 e. The maximum Gasteiger partial charge on any atom is 0.416 e. The third kappa shape index (κ3) is 5.49. The minimum atomic E-state index is -4.49. The number of fused-ring (bicyclic) bond motifs is 1. The van der Waals surface area contributed by atoms with E-state index >= 15 is 0 Å². The van der Waals surface area contributed by atoms with Gasteiger partial charge in [-0.2, -0.15) is 18.3 Å². The zero-order chi connectivity index (χ0) is 26.0. The first-order chi connectivity index (χ1) is 17.0. The van der Waals surface area contributed by atoms with E-state index in [-0.39, 0.29) is 5.82 Å². The number of carbonyl (C=O) groups is 1. The van der Waals surface area contributed by atoms with Gasteiger partial charge in [-0.05, 0) is 74.0 Å². The number of aromatic nitrogens is 2. The third-order valence-corrected chi connectivity index (χ3v) is 5.64. The SMILES string of the molecule is C[C@H](NC(=O)[C@@H](C)O)[C@@H](Oc1ccc2c(cnn2-c2ccc(F)cc2)c1)c1ccc(C(F)(F)F)cc1. The molecule has 36 heavy (non-hydrogen) atoms. The Morgan fingerprint density at radius 3 is 2.31 bits per heavy atom. The van der Waals surface area contributed by atoms with E-state index in [2.05, 4.69) is 10.4 Å². The number of aliphatic hydroxyl groups excluding tert-OH is 1. The van der Waals surface area contributed by atoms with Gasteiger partial charge in [-0.1, -0.05) is 12.1 Å². The Hall–Kier alpha value is -3.92. The van der Waals surface area contributed by atoms with Gasteiger partial charge in [0.05, 0.1) is 29.0 Å². The van der Waals surface area contributed by atoms with Crippen LogP contribution in [0, 0.1) is 5.82 Å². The Kier molecular flexibility index (Phi) is 6.98. The summed E-state index contributed by atoms with van der Waals surface area (Å²) in [5.41, 5.74) is 0.997. The molecule has 0 aliphatic rings. The lowest BCUT2D eigenvalue weighted by atomic mass is 10.0. The normalized spacial score (nSPS) is 14.3. The molecule has 2 N–H and O–H groups in total. The smallest absolute Gasteiger partial charge is 0.416 e. The summed E-state index contributed by atoms with van der Waals surface area (Å²) in [5.74, 6) is -0.611. The Morgan fingerprint density at radius 2 is 1.69 bits per heavy atom. The number of hydrogen-bond donors (Lipinski definition) is 2. The summed E-state index contributed by atoms with van der Waals surface area (Å²) in [6.07, 6.45) is -5.01. The molecule has 4 rings (SSSR count). The average Bonchev–Trinajstić information content (AvgIpc) is 3.25. The number of benzene rings is 3. The van der Waals surface area contributed by atoms with E-state index in [0.29, 0.717) is 22.4 Å². The first-order valence-electron chi connectivity index (χ1n) is 11.1. The van der Waals surface area contributed by atoms with Crippen LogP contribution in [0.4, 0.5) is 17.6 Å². The molecular formula is C26H23F4N3O3. The van der Waals surface area contributed by atoms with Crippen molar-refractivity contribution in [3.05, 3.63) is 89.9 Å². The molecule has 0 aliphatic carbocycles. The van der Waals surface area contributed by atoms with Crippen LogP contribution >= 0.6 is 0 Å². The minimum absolute atomic E-state index is 0.364. The zero-order valence-electron chi connectivity index (χ0n) is 19.3. The number of amides is 1. The van der Waals surface area contributed by atoms with Crippen molar-refractivity contribution in [2.24, 2.45) is 0 Å². The Balaban J connectivity index is 1.65. The van der Waals surface area contributed by atoms with Gasteiger partial charge in [0.25, 0.3) is 0 Å². The molecule has 0 saturated carbocycles. The van der Waals surface area contributed by atoms with Gasteiger partial charge in [0.15, 0.2) is 0 Å². The molecule has 0 aliphatic heterocycles. The molecule has 0 saturated heterocycles. The Labute approximate surface area is 204 Å². The van der Waals surface area contributed by atoms with Gasteiger partial charge >= 0.3 is 6.18 Å². The summed E-state index contributed by atoms with van der Waals surface area (Å²) in [6, 6.07) is 14.8. The molecule has 1 aromatic heterocycles. The second kappa shape index (κ2) is 9.98. The first-order valence-corrected chi connectivity index (χ1v) is 11.1. The highest BCUT2D eigenvalue weighted by Gasteiger charge is 2.31. The molecule has 188 valence electrons. The van der Waals surface area contributed by atoms with Crippen molar-refractivity contribution in [1.29, 1.82) is 0 Å². The predicted molar refractivity (Wildman–Crippen MR) is 125 cm³/mol.